The molecule has 128 valence electrons. The fourth-order valence-corrected chi connectivity index (χ4v) is 3.17. The first-order chi connectivity index (χ1) is 11.3. The lowest BCUT2D eigenvalue weighted by Gasteiger charge is -2.33. The van der Waals surface area contributed by atoms with E-state index in [4.69, 9.17) is 0 Å². The van der Waals surface area contributed by atoms with E-state index >= 15 is 0 Å². The molecule has 2 aliphatic rings. The average molecular weight is 337 g/mol. The van der Waals surface area contributed by atoms with Gasteiger partial charge in [-0.3, -0.25) is 15.0 Å². The number of benzene rings is 1. The van der Waals surface area contributed by atoms with Crippen LogP contribution in [0.25, 0.3) is 0 Å². The Morgan fingerprint density at radius 3 is 2.38 bits per heavy atom. The lowest BCUT2D eigenvalue weighted by molar-refractivity contribution is -0.134. The lowest BCUT2D eigenvalue weighted by atomic mass is 9.77. The van der Waals surface area contributed by atoms with E-state index in [0.717, 1.165) is 25.0 Å². The number of carbonyl (C=O) groups is 3. The van der Waals surface area contributed by atoms with E-state index in [-0.39, 0.29) is 5.56 Å². The first-order valence-electron chi connectivity index (χ1n) is 7.74. The molecule has 0 unspecified atom stereocenters. The van der Waals surface area contributed by atoms with Crippen molar-refractivity contribution in [2.24, 2.45) is 5.92 Å². The summed E-state index contributed by atoms with van der Waals surface area (Å²) in [4.78, 5) is 36.8. The summed E-state index contributed by atoms with van der Waals surface area (Å²) in [5.74, 6) is -2.84. The second-order valence-electron chi connectivity index (χ2n) is 6.43. The van der Waals surface area contributed by atoms with Crippen molar-refractivity contribution in [1.29, 1.82) is 0 Å². The monoisotopic (exact) mass is 337 g/mol. The molecule has 0 radical (unpaired) electrons. The van der Waals surface area contributed by atoms with Crippen molar-refractivity contribution in [2.45, 2.75) is 38.1 Å². The van der Waals surface area contributed by atoms with Gasteiger partial charge < -0.3 is 5.32 Å². The average Bonchev–Trinajstić information content (AvgIpc) is 2.74. The zero-order valence-corrected chi connectivity index (χ0v) is 13.1. The SMILES string of the molecule is CC1CCC2(CC1)NC(=O)N(NC(=O)c1cc(F)cc(F)c1)C2=O. The number of nitrogens with zero attached hydrogens (tertiary/aromatic N) is 1. The van der Waals surface area contributed by atoms with Crippen LogP contribution in [0.2, 0.25) is 0 Å². The van der Waals surface area contributed by atoms with E-state index in [1.165, 1.54) is 0 Å². The van der Waals surface area contributed by atoms with Gasteiger partial charge in [-0.1, -0.05) is 6.92 Å². The van der Waals surface area contributed by atoms with Gasteiger partial charge in [0, 0.05) is 11.6 Å². The molecular formula is C16H17F2N3O3. The molecule has 1 aliphatic carbocycles. The van der Waals surface area contributed by atoms with Gasteiger partial charge >= 0.3 is 6.03 Å². The molecule has 0 atom stereocenters. The molecule has 3 rings (SSSR count). The van der Waals surface area contributed by atoms with Gasteiger partial charge in [0.2, 0.25) is 0 Å². The smallest absolute Gasteiger partial charge is 0.322 e. The minimum absolute atomic E-state index is 0.314. The Bertz CT molecular complexity index is 694. The van der Waals surface area contributed by atoms with Crippen LogP contribution in [0.1, 0.15) is 43.0 Å². The maximum atomic E-state index is 13.2. The largest absolute Gasteiger partial charge is 0.344 e. The van der Waals surface area contributed by atoms with E-state index in [1.54, 1.807) is 0 Å². The fraction of sp³-hybridized carbons (Fsp3) is 0.438. The van der Waals surface area contributed by atoms with Gasteiger partial charge in [-0.25, -0.2) is 13.6 Å². The highest BCUT2D eigenvalue weighted by Crippen LogP contribution is 2.35. The highest BCUT2D eigenvalue weighted by molar-refractivity contribution is 6.09. The van der Waals surface area contributed by atoms with Gasteiger partial charge in [0.05, 0.1) is 0 Å². The third kappa shape index (κ3) is 2.83. The Labute approximate surface area is 137 Å². The molecule has 2 fully saturated rings. The van der Waals surface area contributed by atoms with Crippen molar-refractivity contribution in [2.75, 3.05) is 0 Å². The second-order valence-corrected chi connectivity index (χ2v) is 6.43. The minimum atomic E-state index is -0.996. The Morgan fingerprint density at radius 2 is 1.79 bits per heavy atom. The Hall–Kier alpha value is -2.51. The molecule has 1 heterocycles. The summed E-state index contributed by atoms with van der Waals surface area (Å²) in [5.41, 5.74) is 0.822. The van der Waals surface area contributed by atoms with Gasteiger partial charge in [0.25, 0.3) is 11.8 Å². The number of urea groups is 1. The topological polar surface area (TPSA) is 78.5 Å². The summed E-state index contributed by atoms with van der Waals surface area (Å²) in [6, 6.07) is 1.55. The van der Waals surface area contributed by atoms with Gasteiger partial charge in [-0.2, -0.15) is 5.01 Å². The van der Waals surface area contributed by atoms with Crippen LogP contribution in [0, 0.1) is 17.6 Å². The number of hydrazine groups is 1. The van der Waals surface area contributed by atoms with Crippen molar-refractivity contribution >= 4 is 17.8 Å². The first kappa shape index (κ1) is 16.4. The van der Waals surface area contributed by atoms with Crippen LogP contribution in [0.4, 0.5) is 13.6 Å². The Balaban J connectivity index is 1.76. The number of hydrogen-bond acceptors (Lipinski definition) is 3. The van der Waals surface area contributed by atoms with Crippen LogP contribution >= 0.6 is 0 Å². The maximum absolute atomic E-state index is 13.2. The number of amides is 4. The van der Waals surface area contributed by atoms with Gasteiger partial charge in [-0.05, 0) is 43.7 Å². The number of imide groups is 1. The standard InChI is InChI=1S/C16H17F2N3O3/c1-9-2-4-16(5-3-9)14(23)21(15(24)19-16)20-13(22)10-6-11(17)8-12(18)7-10/h6-9H,2-5H2,1H3,(H,19,24)(H,20,22). The molecule has 1 spiro atoms. The van der Waals surface area contributed by atoms with Crippen molar-refractivity contribution < 1.29 is 23.2 Å². The quantitative estimate of drug-likeness (QED) is 0.812. The predicted molar refractivity (Wildman–Crippen MR) is 79.6 cm³/mol. The van der Waals surface area contributed by atoms with Crippen molar-refractivity contribution in [3.05, 3.63) is 35.4 Å². The van der Waals surface area contributed by atoms with Gasteiger partial charge in [0.1, 0.15) is 17.2 Å². The summed E-state index contributed by atoms with van der Waals surface area (Å²) in [5, 5.41) is 3.24. The highest BCUT2D eigenvalue weighted by atomic mass is 19.1. The van der Waals surface area contributed by atoms with Crippen LogP contribution in [0.15, 0.2) is 18.2 Å². The molecule has 1 saturated heterocycles. The zero-order valence-electron chi connectivity index (χ0n) is 13.1. The highest BCUT2D eigenvalue weighted by Gasteiger charge is 2.52. The fourth-order valence-electron chi connectivity index (χ4n) is 3.17. The molecule has 0 aromatic heterocycles. The molecule has 1 aromatic carbocycles. The zero-order chi connectivity index (χ0) is 17.5. The normalized spacial score (nSPS) is 26.6. The van der Waals surface area contributed by atoms with Crippen LogP contribution < -0.4 is 10.7 Å². The first-order valence-corrected chi connectivity index (χ1v) is 7.74. The Morgan fingerprint density at radius 1 is 1.21 bits per heavy atom. The number of nitrogens with one attached hydrogen (secondary N) is 2. The van der Waals surface area contributed by atoms with E-state index in [0.29, 0.717) is 29.8 Å². The third-order valence-electron chi connectivity index (χ3n) is 4.63. The molecule has 1 aliphatic heterocycles. The van der Waals surface area contributed by atoms with E-state index in [9.17, 15) is 23.2 Å². The maximum Gasteiger partial charge on any atom is 0.344 e. The summed E-state index contributed by atoms with van der Waals surface area (Å²) in [7, 11) is 0. The van der Waals surface area contributed by atoms with Crippen molar-refractivity contribution in [1.82, 2.24) is 15.8 Å². The van der Waals surface area contributed by atoms with Crippen molar-refractivity contribution in [3.63, 3.8) is 0 Å². The summed E-state index contributed by atoms with van der Waals surface area (Å²) < 4.78 is 26.4. The van der Waals surface area contributed by atoms with Crippen LogP contribution in [-0.2, 0) is 4.79 Å². The summed E-state index contributed by atoms with van der Waals surface area (Å²) in [6.45, 7) is 2.08. The van der Waals surface area contributed by atoms with Crippen molar-refractivity contribution in [3.8, 4) is 0 Å². The second kappa shape index (κ2) is 5.85. The van der Waals surface area contributed by atoms with E-state index in [2.05, 4.69) is 17.7 Å². The molecule has 1 aromatic rings. The molecule has 1 saturated carbocycles. The minimum Gasteiger partial charge on any atom is -0.322 e. The summed E-state index contributed by atoms with van der Waals surface area (Å²) >= 11 is 0. The molecule has 2 N–H and O–H groups in total. The molecule has 0 bridgehead atoms. The van der Waals surface area contributed by atoms with Crippen LogP contribution in [-0.4, -0.2) is 28.4 Å². The summed E-state index contributed by atoms with van der Waals surface area (Å²) in [6.07, 6.45) is 2.59. The predicted octanol–water partition coefficient (Wildman–Crippen LogP) is 2.11. The number of hydrogen-bond donors (Lipinski definition) is 2. The molecule has 4 amide bonds. The molecule has 6 nitrogen and oxygen atoms in total. The number of rotatable bonds is 2. The van der Waals surface area contributed by atoms with Gasteiger partial charge in [-0.15, -0.1) is 0 Å². The van der Waals surface area contributed by atoms with Gasteiger partial charge in [0.15, 0.2) is 0 Å². The Kier molecular flexibility index (Phi) is 3.98. The van der Waals surface area contributed by atoms with Crippen LogP contribution in [0.5, 0.6) is 0 Å². The number of halogens is 2. The molecular weight excluding hydrogens is 320 g/mol. The molecule has 24 heavy (non-hydrogen) atoms. The van der Waals surface area contributed by atoms with E-state index in [1.807, 2.05) is 0 Å². The number of carbonyl (C=O) groups excluding carboxylic acids is 3. The lowest BCUT2D eigenvalue weighted by Crippen LogP contribution is -2.51. The van der Waals surface area contributed by atoms with Crippen LogP contribution in [0.3, 0.4) is 0 Å². The molecule has 8 heteroatoms. The third-order valence-corrected chi connectivity index (χ3v) is 4.63. The van der Waals surface area contributed by atoms with E-state index < -0.39 is 35.0 Å².